The maximum Gasteiger partial charge on any atom is 0.138 e. The van der Waals surface area contributed by atoms with Gasteiger partial charge in [0.25, 0.3) is 0 Å². The molecule has 1 rings (SSSR count). The lowest BCUT2D eigenvalue weighted by Gasteiger charge is -2.19. The molecule has 0 radical (unpaired) electrons. The Balaban J connectivity index is 2.42. The summed E-state index contributed by atoms with van der Waals surface area (Å²) >= 11 is 6.01. The largest absolute Gasteiger partial charge is 0.489 e. The normalized spacial score (nSPS) is 13.4. The van der Waals surface area contributed by atoms with Crippen molar-refractivity contribution in [3.05, 3.63) is 28.8 Å². The molecular weight excluding hydrogens is 250 g/mol. The lowest BCUT2D eigenvalue weighted by molar-refractivity contribution is -0.722. The molecule has 1 aromatic rings. The van der Waals surface area contributed by atoms with E-state index < -0.39 is 6.10 Å². The Morgan fingerprint density at radius 2 is 2.06 bits per heavy atom. The van der Waals surface area contributed by atoms with Crippen LogP contribution < -0.4 is 10.1 Å². The molecule has 18 heavy (non-hydrogen) atoms. The van der Waals surface area contributed by atoms with Crippen molar-refractivity contribution in [2.24, 2.45) is 0 Å². The van der Waals surface area contributed by atoms with Gasteiger partial charge in [-0.3, -0.25) is 0 Å². The van der Waals surface area contributed by atoms with Crippen LogP contribution in [-0.2, 0) is 0 Å². The first-order chi connectivity index (χ1) is 8.28. The minimum Gasteiger partial charge on any atom is -0.489 e. The summed E-state index contributed by atoms with van der Waals surface area (Å²) in [6.45, 7) is 9.18. The average molecular weight is 273 g/mol. The van der Waals surface area contributed by atoms with Crippen LogP contribution in [0, 0.1) is 6.92 Å². The second-order valence-corrected chi connectivity index (χ2v) is 6.11. The molecule has 0 aliphatic carbocycles. The summed E-state index contributed by atoms with van der Waals surface area (Å²) in [5, 5.41) is 12.5. The van der Waals surface area contributed by atoms with Crippen LogP contribution in [0.1, 0.15) is 26.3 Å². The number of hydrogen-bond acceptors (Lipinski definition) is 2. The number of nitrogens with two attached hydrogens (primary N) is 1. The quantitative estimate of drug-likeness (QED) is 0.858. The van der Waals surface area contributed by atoms with Crippen LogP contribution in [-0.4, -0.2) is 29.9 Å². The number of hydrogen-bond donors (Lipinski definition) is 2. The number of rotatable bonds is 5. The number of halogens is 1. The minimum atomic E-state index is -0.499. The van der Waals surface area contributed by atoms with Crippen molar-refractivity contribution in [3.8, 4) is 5.75 Å². The third-order valence-corrected chi connectivity index (χ3v) is 2.83. The molecule has 0 unspecified atom stereocenters. The summed E-state index contributed by atoms with van der Waals surface area (Å²) in [7, 11) is 0. The van der Waals surface area contributed by atoms with Gasteiger partial charge in [-0.2, -0.15) is 0 Å². The van der Waals surface area contributed by atoms with Crippen LogP contribution in [0.15, 0.2) is 18.2 Å². The van der Waals surface area contributed by atoms with Crippen LogP contribution in [0.3, 0.4) is 0 Å². The molecule has 1 atom stereocenters. The number of aliphatic hydroxyl groups is 1. The summed E-state index contributed by atoms with van der Waals surface area (Å²) in [5.74, 6) is 0.631. The highest BCUT2D eigenvalue weighted by atomic mass is 35.5. The molecule has 0 saturated heterocycles. The van der Waals surface area contributed by atoms with Gasteiger partial charge in [0.2, 0.25) is 0 Å². The fourth-order valence-corrected chi connectivity index (χ4v) is 1.64. The Morgan fingerprint density at radius 3 is 2.67 bits per heavy atom. The number of benzene rings is 1. The molecule has 0 aliphatic heterocycles. The molecule has 102 valence electrons. The Labute approximate surface area is 114 Å². The SMILES string of the molecule is Cc1ccc(Cl)c(OC[C@@H](O)C[NH2+]C(C)(C)C)c1. The van der Waals surface area contributed by atoms with Crippen LogP contribution in [0.4, 0.5) is 0 Å². The Hall–Kier alpha value is -0.770. The second-order valence-electron chi connectivity index (χ2n) is 5.70. The minimum absolute atomic E-state index is 0.113. The Kier molecular flexibility index (Phi) is 5.45. The van der Waals surface area contributed by atoms with Gasteiger partial charge in [0, 0.05) is 0 Å². The zero-order chi connectivity index (χ0) is 13.8. The molecule has 0 aromatic heterocycles. The third kappa shape index (κ3) is 5.71. The van der Waals surface area contributed by atoms with Crippen molar-refractivity contribution in [2.75, 3.05) is 13.2 Å². The fraction of sp³-hybridized carbons (Fsp3) is 0.571. The summed E-state index contributed by atoms with van der Waals surface area (Å²) < 4.78 is 5.54. The molecule has 0 bridgehead atoms. The van der Waals surface area contributed by atoms with Crippen molar-refractivity contribution in [2.45, 2.75) is 39.3 Å². The molecule has 1 aromatic carbocycles. The lowest BCUT2D eigenvalue weighted by Crippen LogP contribution is -2.96. The smallest absolute Gasteiger partial charge is 0.138 e. The zero-order valence-corrected chi connectivity index (χ0v) is 12.3. The maximum atomic E-state index is 9.83. The lowest BCUT2D eigenvalue weighted by atomic mass is 10.1. The van der Waals surface area contributed by atoms with Crippen LogP contribution >= 0.6 is 11.6 Å². The summed E-state index contributed by atoms with van der Waals surface area (Å²) in [6, 6.07) is 5.61. The Bertz CT molecular complexity index is 388. The van der Waals surface area contributed by atoms with Crippen molar-refractivity contribution >= 4 is 11.6 Å². The highest BCUT2D eigenvalue weighted by Crippen LogP contribution is 2.25. The van der Waals surface area contributed by atoms with Gasteiger partial charge in [-0.1, -0.05) is 17.7 Å². The molecule has 0 saturated carbocycles. The first-order valence-corrected chi connectivity index (χ1v) is 6.57. The molecule has 0 heterocycles. The zero-order valence-electron chi connectivity index (χ0n) is 11.5. The molecule has 3 N–H and O–H groups in total. The number of aliphatic hydroxyl groups excluding tert-OH is 1. The van der Waals surface area contributed by atoms with Crippen molar-refractivity contribution in [3.63, 3.8) is 0 Å². The standard InChI is InChI=1S/C14H22ClNO2/c1-10-5-6-12(15)13(7-10)18-9-11(17)8-16-14(2,3)4/h5-7,11,16-17H,8-9H2,1-4H3/p+1/t11-/m0/s1. The van der Waals surface area contributed by atoms with E-state index in [0.29, 0.717) is 17.3 Å². The van der Waals surface area contributed by atoms with E-state index in [1.54, 1.807) is 6.07 Å². The van der Waals surface area contributed by atoms with Gasteiger partial charge in [-0.25, -0.2) is 0 Å². The van der Waals surface area contributed by atoms with Gasteiger partial charge in [0.1, 0.15) is 25.0 Å². The van der Waals surface area contributed by atoms with Crippen LogP contribution in [0.25, 0.3) is 0 Å². The van der Waals surface area contributed by atoms with Gasteiger partial charge in [0.15, 0.2) is 0 Å². The van der Waals surface area contributed by atoms with Crippen molar-refractivity contribution in [1.29, 1.82) is 0 Å². The predicted molar refractivity (Wildman–Crippen MR) is 74.2 cm³/mol. The number of quaternary nitrogens is 1. The molecule has 3 nitrogen and oxygen atoms in total. The molecule has 4 heteroatoms. The Morgan fingerprint density at radius 1 is 1.39 bits per heavy atom. The van der Waals surface area contributed by atoms with E-state index in [1.165, 1.54) is 0 Å². The highest BCUT2D eigenvalue weighted by Gasteiger charge is 2.16. The first-order valence-electron chi connectivity index (χ1n) is 6.19. The summed E-state index contributed by atoms with van der Waals surface area (Å²) in [4.78, 5) is 0. The molecule has 0 fully saturated rings. The van der Waals surface area contributed by atoms with Gasteiger partial charge in [-0.05, 0) is 45.4 Å². The molecular formula is C14H23ClNO2+. The first kappa shape index (κ1) is 15.3. The van der Waals surface area contributed by atoms with Crippen LogP contribution in [0.2, 0.25) is 5.02 Å². The summed E-state index contributed by atoms with van der Waals surface area (Å²) in [6.07, 6.45) is -0.499. The number of aryl methyl sites for hydroxylation is 1. The third-order valence-electron chi connectivity index (χ3n) is 2.52. The fourth-order valence-electron chi connectivity index (χ4n) is 1.46. The molecule has 0 spiro atoms. The van der Waals surface area contributed by atoms with Crippen molar-refractivity contribution in [1.82, 2.24) is 0 Å². The average Bonchev–Trinajstić information content (AvgIpc) is 2.26. The maximum absolute atomic E-state index is 9.83. The topological polar surface area (TPSA) is 46.1 Å². The van der Waals surface area contributed by atoms with Gasteiger partial charge in [0.05, 0.1) is 10.6 Å². The van der Waals surface area contributed by atoms with E-state index in [1.807, 2.05) is 19.1 Å². The van der Waals surface area contributed by atoms with Gasteiger partial charge < -0.3 is 15.2 Å². The van der Waals surface area contributed by atoms with E-state index in [9.17, 15) is 5.11 Å². The van der Waals surface area contributed by atoms with E-state index in [4.69, 9.17) is 16.3 Å². The summed E-state index contributed by atoms with van der Waals surface area (Å²) in [5.41, 5.74) is 1.20. The van der Waals surface area contributed by atoms with Crippen LogP contribution in [0.5, 0.6) is 5.75 Å². The van der Waals surface area contributed by atoms with E-state index in [2.05, 4.69) is 26.1 Å². The highest BCUT2D eigenvalue weighted by molar-refractivity contribution is 6.32. The van der Waals surface area contributed by atoms with Crippen molar-refractivity contribution < 1.29 is 15.2 Å². The molecule has 0 aliphatic rings. The second kappa shape index (κ2) is 6.41. The predicted octanol–water partition coefficient (Wildman–Crippen LogP) is 1.75. The van der Waals surface area contributed by atoms with Gasteiger partial charge >= 0.3 is 0 Å². The van der Waals surface area contributed by atoms with E-state index >= 15 is 0 Å². The van der Waals surface area contributed by atoms with E-state index in [-0.39, 0.29) is 12.1 Å². The number of ether oxygens (including phenoxy) is 1. The van der Waals surface area contributed by atoms with E-state index in [0.717, 1.165) is 5.56 Å². The monoisotopic (exact) mass is 272 g/mol. The molecule has 0 amide bonds. The van der Waals surface area contributed by atoms with Gasteiger partial charge in [-0.15, -0.1) is 0 Å².